The van der Waals surface area contributed by atoms with Crippen LogP contribution in [0.2, 0.25) is 0 Å². The Balaban J connectivity index is 2.04. The Kier molecular flexibility index (Phi) is 8.65. The van der Waals surface area contributed by atoms with Gasteiger partial charge in [-0.25, -0.2) is 0 Å². The van der Waals surface area contributed by atoms with Crippen LogP contribution >= 0.6 is 0 Å². The van der Waals surface area contributed by atoms with E-state index in [1.165, 1.54) is 5.56 Å². The van der Waals surface area contributed by atoms with Gasteiger partial charge in [0.05, 0.1) is 21.3 Å². The molecule has 2 rings (SSSR count). The van der Waals surface area contributed by atoms with Gasteiger partial charge in [-0.15, -0.1) is 0 Å². The van der Waals surface area contributed by atoms with E-state index in [-0.39, 0.29) is 0 Å². The minimum Gasteiger partial charge on any atom is -0.493 e. The van der Waals surface area contributed by atoms with Crippen LogP contribution in [0.5, 0.6) is 17.2 Å². The molecule has 6 nitrogen and oxygen atoms in total. The normalized spacial score (nSPS) is 12.4. The van der Waals surface area contributed by atoms with Crippen molar-refractivity contribution >= 4 is 5.96 Å². The van der Waals surface area contributed by atoms with Gasteiger partial charge in [0.2, 0.25) is 5.75 Å². The number of nitrogens with zero attached hydrogens (tertiary/aromatic N) is 1. The summed E-state index contributed by atoms with van der Waals surface area (Å²) in [6.45, 7) is 5.86. The fourth-order valence-corrected chi connectivity index (χ4v) is 3.29. The number of aliphatic imine (C=N–C) groups is 1. The Hall–Kier alpha value is -2.89. The number of hydrogen-bond donors (Lipinski definition) is 2. The zero-order valence-corrected chi connectivity index (χ0v) is 18.3. The number of nitrogens with one attached hydrogen (secondary N) is 2. The Bertz CT molecular complexity index is 766. The van der Waals surface area contributed by atoms with Gasteiger partial charge in [-0.3, -0.25) is 4.99 Å². The fraction of sp³-hybridized carbons (Fsp3) is 0.435. The highest BCUT2D eigenvalue weighted by molar-refractivity contribution is 5.79. The molecule has 0 bridgehead atoms. The molecule has 0 fully saturated rings. The molecule has 0 spiro atoms. The molecule has 0 amide bonds. The smallest absolute Gasteiger partial charge is 0.203 e. The minimum atomic E-state index is 0.399. The molecule has 0 aliphatic carbocycles. The summed E-state index contributed by atoms with van der Waals surface area (Å²) in [5.74, 6) is 3.52. The Morgan fingerprint density at radius 3 is 2.03 bits per heavy atom. The molecule has 0 saturated carbocycles. The van der Waals surface area contributed by atoms with E-state index in [1.54, 1.807) is 28.4 Å². The summed E-state index contributed by atoms with van der Waals surface area (Å²) in [4.78, 5) is 4.35. The van der Waals surface area contributed by atoms with Gasteiger partial charge in [-0.2, -0.15) is 0 Å². The van der Waals surface area contributed by atoms with E-state index < -0.39 is 0 Å². The molecule has 158 valence electrons. The molecule has 0 heterocycles. The van der Waals surface area contributed by atoms with Crippen LogP contribution in [0.25, 0.3) is 0 Å². The topological polar surface area (TPSA) is 64.1 Å². The van der Waals surface area contributed by atoms with Crippen molar-refractivity contribution in [3.05, 3.63) is 53.6 Å². The summed E-state index contributed by atoms with van der Waals surface area (Å²) in [5.41, 5.74) is 2.33. The summed E-state index contributed by atoms with van der Waals surface area (Å²) in [7, 11) is 6.61. The number of rotatable bonds is 9. The quantitative estimate of drug-likeness (QED) is 0.496. The third-order valence-corrected chi connectivity index (χ3v) is 4.93. The lowest BCUT2D eigenvalue weighted by atomic mass is 9.88. The summed E-state index contributed by atoms with van der Waals surface area (Å²) in [6, 6.07) is 14.4. The van der Waals surface area contributed by atoms with Crippen LogP contribution < -0.4 is 24.8 Å². The molecule has 0 radical (unpaired) electrons. The monoisotopic (exact) mass is 399 g/mol. The van der Waals surface area contributed by atoms with Crippen LogP contribution in [0.1, 0.15) is 30.9 Å². The molecule has 1 unspecified atom stereocenters. The van der Waals surface area contributed by atoms with E-state index in [2.05, 4.69) is 53.7 Å². The average Bonchev–Trinajstić information content (AvgIpc) is 2.75. The number of hydrogen-bond acceptors (Lipinski definition) is 4. The van der Waals surface area contributed by atoms with Crippen LogP contribution in [0.3, 0.4) is 0 Å². The van der Waals surface area contributed by atoms with Crippen molar-refractivity contribution in [2.45, 2.75) is 26.3 Å². The van der Waals surface area contributed by atoms with Crippen molar-refractivity contribution in [3.63, 3.8) is 0 Å². The highest BCUT2D eigenvalue weighted by atomic mass is 16.5. The highest BCUT2D eigenvalue weighted by Crippen LogP contribution is 2.38. The van der Waals surface area contributed by atoms with Crippen LogP contribution in [-0.2, 0) is 6.54 Å². The maximum Gasteiger partial charge on any atom is 0.203 e. The Morgan fingerprint density at radius 2 is 1.55 bits per heavy atom. The number of ether oxygens (including phenoxy) is 3. The van der Waals surface area contributed by atoms with Crippen LogP contribution in [-0.4, -0.2) is 40.9 Å². The van der Waals surface area contributed by atoms with E-state index in [0.717, 1.165) is 18.1 Å². The zero-order valence-electron chi connectivity index (χ0n) is 18.3. The molecular weight excluding hydrogens is 366 g/mol. The lowest BCUT2D eigenvalue weighted by molar-refractivity contribution is 0.323. The van der Waals surface area contributed by atoms with Crippen molar-refractivity contribution in [2.75, 3.05) is 34.9 Å². The van der Waals surface area contributed by atoms with Gasteiger partial charge in [0.1, 0.15) is 0 Å². The maximum absolute atomic E-state index is 5.43. The molecule has 0 aliphatic rings. The summed E-state index contributed by atoms with van der Waals surface area (Å²) in [5, 5.41) is 6.81. The lowest BCUT2D eigenvalue weighted by Gasteiger charge is -2.23. The Morgan fingerprint density at radius 1 is 0.931 bits per heavy atom. The van der Waals surface area contributed by atoms with E-state index in [9.17, 15) is 0 Å². The first-order chi connectivity index (χ1) is 14.0. The third-order valence-electron chi connectivity index (χ3n) is 4.93. The first-order valence-electron chi connectivity index (χ1n) is 9.82. The predicted molar refractivity (Wildman–Crippen MR) is 118 cm³/mol. The van der Waals surface area contributed by atoms with E-state index >= 15 is 0 Å². The SMILES string of the molecule is CN=C(NCc1cc(OC)c(OC)c(OC)c1)NCC(c1ccccc1)C(C)C. The number of benzene rings is 2. The fourth-order valence-electron chi connectivity index (χ4n) is 3.29. The predicted octanol–water partition coefficient (Wildman–Crippen LogP) is 3.82. The van der Waals surface area contributed by atoms with Gasteiger partial charge in [-0.05, 0) is 29.2 Å². The number of methoxy groups -OCH3 is 3. The van der Waals surface area contributed by atoms with Crippen molar-refractivity contribution < 1.29 is 14.2 Å². The van der Waals surface area contributed by atoms with Gasteiger partial charge < -0.3 is 24.8 Å². The second kappa shape index (κ2) is 11.2. The molecule has 6 heteroatoms. The second-order valence-corrected chi connectivity index (χ2v) is 7.10. The van der Waals surface area contributed by atoms with Gasteiger partial charge in [0.15, 0.2) is 17.5 Å². The van der Waals surface area contributed by atoms with Gasteiger partial charge >= 0.3 is 0 Å². The van der Waals surface area contributed by atoms with Crippen LogP contribution in [0.15, 0.2) is 47.5 Å². The molecule has 2 N–H and O–H groups in total. The van der Waals surface area contributed by atoms with E-state index in [1.807, 2.05) is 18.2 Å². The average molecular weight is 400 g/mol. The first-order valence-corrected chi connectivity index (χ1v) is 9.82. The molecule has 1 atom stereocenters. The van der Waals surface area contributed by atoms with Gasteiger partial charge in [-0.1, -0.05) is 44.2 Å². The molecule has 0 aliphatic heterocycles. The van der Waals surface area contributed by atoms with E-state index in [0.29, 0.717) is 35.6 Å². The van der Waals surface area contributed by atoms with Crippen molar-refractivity contribution in [1.82, 2.24) is 10.6 Å². The Labute approximate surface area is 174 Å². The molecule has 2 aromatic carbocycles. The molecule has 0 aromatic heterocycles. The largest absolute Gasteiger partial charge is 0.493 e. The molecule has 0 saturated heterocycles. The first kappa shape index (κ1) is 22.4. The molecule has 29 heavy (non-hydrogen) atoms. The standard InChI is InChI=1S/C23H33N3O3/c1-16(2)19(18-10-8-7-9-11-18)15-26-23(24-3)25-14-17-12-20(27-4)22(29-6)21(13-17)28-5/h7-13,16,19H,14-15H2,1-6H3,(H2,24,25,26). The van der Waals surface area contributed by atoms with Gasteiger partial charge in [0.25, 0.3) is 0 Å². The van der Waals surface area contributed by atoms with Crippen LogP contribution in [0, 0.1) is 5.92 Å². The van der Waals surface area contributed by atoms with Crippen molar-refractivity contribution in [2.24, 2.45) is 10.9 Å². The zero-order chi connectivity index (χ0) is 21.2. The summed E-state index contributed by atoms with van der Waals surface area (Å²) >= 11 is 0. The minimum absolute atomic E-state index is 0.399. The third kappa shape index (κ3) is 6.04. The molecular formula is C23H33N3O3. The maximum atomic E-state index is 5.43. The summed E-state index contributed by atoms with van der Waals surface area (Å²) in [6.07, 6.45) is 0. The summed E-state index contributed by atoms with van der Waals surface area (Å²) < 4.78 is 16.2. The van der Waals surface area contributed by atoms with Crippen molar-refractivity contribution in [1.29, 1.82) is 0 Å². The second-order valence-electron chi connectivity index (χ2n) is 7.10. The van der Waals surface area contributed by atoms with Crippen molar-refractivity contribution in [3.8, 4) is 17.2 Å². The molecule has 2 aromatic rings. The lowest BCUT2D eigenvalue weighted by Crippen LogP contribution is -2.39. The number of guanidine groups is 1. The van der Waals surface area contributed by atoms with Gasteiger partial charge in [0, 0.05) is 26.1 Å². The van der Waals surface area contributed by atoms with Crippen LogP contribution in [0.4, 0.5) is 0 Å². The van der Waals surface area contributed by atoms with E-state index in [4.69, 9.17) is 14.2 Å². The highest BCUT2D eigenvalue weighted by Gasteiger charge is 2.17.